The van der Waals surface area contributed by atoms with Gasteiger partial charge in [0.15, 0.2) is 11.5 Å². The van der Waals surface area contributed by atoms with E-state index in [2.05, 4.69) is 0 Å². The van der Waals surface area contributed by atoms with Gasteiger partial charge < -0.3 is 14.6 Å². The van der Waals surface area contributed by atoms with Gasteiger partial charge in [0.1, 0.15) is 0 Å². The van der Waals surface area contributed by atoms with Crippen LogP contribution in [0.4, 0.5) is 0 Å². The summed E-state index contributed by atoms with van der Waals surface area (Å²) < 4.78 is 10.4. The standard InChI is InChI=1S/C22H17ClO6/c1-2-28-21(26)22(27)11-15(12-7-5-6-10-16(12)23)17-18(24)13-8-3-4-9-14(13)19(25)20(17)29-22/h3-10,15,27H,2,11H2,1H3/t15-,22?/m1/s1. The lowest BCUT2D eigenvalue weighted by atomic mass is 9.75. The van der Waals surface area contributed by atoms with Crippen molar-refractivity contribution in [3.8, 4) is 0 Å². The smallest absolute Gasteiger partial charge is 0.379 e. The molecule has 2 aromatic rings. The normalized spacial score (nSPS) is 23.2. The summed E-state index contributed by atoms with van der Waals surface area (Å²) in [6.07, 6.45) is -0.310. The average Bonchev–Trinajstić information content (AvgIpc) is 2.72. The molecule has 0 amide bonds. The van der Waals surface area contributed by atoms with E-state index in [9.17, 15) is 19.5 Å². The van der Waals surface area contributed by atoms with Gasteiger partial charge in [-0.15, -0.1) is 0 Å². The predicted octanol–water partition coefficient (Wildman–Crippen LogP) is 3.43. The van der Waals surface area contributed by atoms with Crippen LogP contribution in [0.25, 0.3) is 0 Å². The molecule has 1 aliphatic heterocycles. The van der Waals surface area contributed by atoms with E-state index in [0.717, 1.165) is 0 Å². The van der Waals surface area contributed by atoms with Crippen molar-refractivity contribution >= 4 is 29.1 Å². The minimum Gasteiger partial charge on any atom is -0.461 e. The van der Waals surface area contributed by atoms with Crippen LogP contribution in [0, 0.1) is 0 Å². The molecule has 0 spiro atoms. The summed E-state index contributed by atoms with van der Waals surface area (Å²) in [6, 6.07) is 13.1. The number of esters is 1. The number of rotatable bonds is 3. The highest BCUT2D eigenvalue weighted by atomic mass is 35.5. The third kappa shape index (κ3) is 3.05. The molecule has 1 unspecified atom stereocenters. The van der Waals surface area contributed by atoms with Crippen molar-refractivity contribution in [2.24, 2.45) is 0 Å². The summed E-state index contributed by atoms with van der Waals surface area (Å²) in [4.78, 5) is 38.8. The average molecular weight is 413 g/mol. The number of hydrogen-bond acceptors (Lipinski definition) is 6. The lowest BCUT2D eigenvalue weighted by Gasteiger charge is -2.39. The topological polar surface area (TPSA) is 89.9 Å². The zero-order valence-corrected chi connectivity index (χ0v) is 16.2. The van der Waals surface area contributed by atoms with Gasteiger partial charge in [-0.2, -0.15) is 0 Å². The highest BCUT2D eigenvalue weighted by Gasteiger charge is 2.53. The van der Waals surface area contributed by atoms with Crippen LogP contribution in [0.5, 0.6) is 0 Å². The van der Waals surface area contributed by atoms with Crippen molar-refractivity contribution < 1.29 is 29.0 Å². The number of Topliss-reactive ketones (excluding diaryl/α,β-unsaturated/α-hetero) is 2. The van der Waals surface area contributed by atoms with Crippen molar-refractivity contribution in [3.05, 3.63) is 81.6 Å². The Balaban J connectivity index is 1.93. The SMILES string of the molecule is CCOC(=O)C1(O)C[C@H](c2ccccc2Cl)C2=C(O1)C(=O)c1ccccc1C2=O. The number of halogens is 1. The molecule has 0 fully saturated rings. The molecule has 6 nitrogen and oxygen atoms in total. The number of fused-ring (bicyclic) bond motifs is 1. The number of benzene rings is 2. The Bertz CT molecular complexity index is 1070. The summed E-state index contributed by atoms with van der Waals surface area (Å²) in [5.41, 5.74) is 0.991. The first-order valence-corrected chi connectivity index (χ1v) is 9.50. The van der Waals surface area contributed by atoms with E-state index < -0.39 is 29.2 Å². The largest absolute Gasteiger partial charge is 0.461 e. The second-order valence-corrected chi connectivity index (χ2v) is 7.24. The number of carbonyl (C=O) groups is 3. The van der Waals surface area contributed by atoms with E-state index in [1.807, 2.05) is 0 Å². The minimum absolute atomic E-state index is 0.0167. The van der Waals surface area contributed by atoms with Crippen LogP contribution in [0.15, 0.2) is 59.9 Å². The Morgan fingerprint density at radius 1 is 1.14 bits per heavy atom. The predicted molar refractivity (Wildman–Crippen MR) is 104 cm³/mol. The molecular formula is C22H17ClO6. The molecule has 148 valence electrons. The van der Waals surface area contributed by atoms with Gasteiger partial charge in [-0.3, -0.25) is 9.59 Å². The number of aliphatic hydroxyl groups is 1. The number of allylic oxidation sites excluding steroid dienone is 2. The maximum absolute atomic E-state index is 13.3. The number of carbonyl (C=O) groups excluding carboxylic acids is 3. The van der Waals surface area contributed by atoms with Crippen LogP contribution in [-0.4, -0.2) is 35.0 Å². The fourth-order valence-corrected chi connectivity index (χ4v) is 4.04. The van der Waals surface area contributed by atoms with E-state index in [-0.39, 0.29) is 35.5 Å². The van der Waals surface area contributed by atoms with Crippen molar-refractivity contribution in [1.29, 1.82) is 0 Å². The molecule has 2 aliphatic rings. The molecule has 1 aliphatic carbocycles. The zero-order valence-electron chi connectivity index (χ0n) is 15.5. The van der Waals surface area contributed by atoms with Gasteiger partial charge in [0, 0.05) is 28.5 Å². The molecule has 29 heavy (non-hydrogen) atoms. The summed E-state index contributed by atoms with van der Waals surface area (Å²) >= 11 is 6.35. The monoisotopic (exact) mass is 412 g/mol. The Hall–Kier alpha value is -2.96. The van der Waals surface area contributed by atoms with Crippen LogP contribution in [0.1, 0.15) is 45.5 Å². The summed E-state index contributed by atoms with van der Waals surface area (Å²) in [7, 11) is 0. The molecule has 1 N–H and O–H groups in total. The van der Waals surface area contributed by atoms with Crippen molar-refractivity contribution in [2.75, 3.05) is 6.61 Å². The maximum Gasteiger partial charge on any atom is 0.379 e. The van der Waals surface area contributed by atoms with Gasteiger partial charge in [-0.25, -0.2) is 4.79 Å². The fourth-order valence-electron chi connectivity index (χ4n) is 3.77. The molecule has 2 atom stereocenters. The van der Waals surface area contributed by atoms with Gasteiger partial charge in [0.2, 0.25) is 5.78 Å². The molecule has 4 rings (SSSR count). The third-order valence-corrected chi connectivity index (χ3v) is 5.43. The van der Waals surface area contributed by atoms with E-state index >= 15 is 0 Å². The second kappa shape index (κ2) is 7.13. The molecule has 2 aromatic carbocycles. The fraction of sp³-hybridized carbons (Fsp3) is 0.227. The quantitative estimate of drug-likeness (QED) is 0.777. The van der Waals surface area contributed by atoms with Crippen LogP contribution in [0.3, 0.4) is 0 Å². The first-order chi connectivity index (χ1) is 13.9. The summed E-state index contributed by atoms with van der Waals surface area (Å²) in [5, 5.41) is 11.3. The Morgan fingerprint density at radius 2 is 1.76 bits per heavy atom. The van der Waals surface area contributed by atoms with Crippen LogP contribution in [0.2, 0.25) is 5.02 Å². The minimum atomic E-state index is -2.42. The molecular weight excluding hydrogens is 396 g/mol. The summed E-state index contributed by atoms with van der Waals surface area (Å²) in [5.74, 6) is -5.59. The van der Waals surface area contributed by atoms with Crippen LogP contribution in [-0.2, 0) is 14.3 Å². The molecule has 0 aromatic heterocycles. The number of ketones is 2. The highest BCUT2D eigenvalue weighted by molar-refractivity contribution is 6.32. The zero-order chi connectivity index (χ0) is 20.8. The molecule has 0 radical (unpaired) electrons. The first-order valence-electron chi connectivity index (χ1n) is 9.13. The van der Waals surface area contributed by atoms with Gasteiger partial charge in [0.05, 0.1) is 12.2 Å². The van der Waals surface area contributed by atoms with Crippen LogP contribution < -0.4 is 0 Å². The first kappa shape index (κ1) is 19.4. The lowest BCUT2D eigenvalue weighted by molar-refractivity contribution is -0.220. The summed E-state index contributed by atoms with van der Waals surface area (Å²) in [6.45, 7) is 1.61. The number of hydrogen-bond donors (Lipinski definition) is 1. The maximum atomic E-state index is 13.3. The molecule has 1 heterocycles. The van der Waals surface area contributed by atoms with E-state index in [0.29, 0.717) is 10.6 Å². The van der Waals surface area contributed by atoms with Gasteiger partial charge in [-0.05, 0) is 18.6 Å². The Labute approximate surface area is 171 Å². The number of ether oxygens (including phenoxy) is 2. The van der Waals surface area contributed by atoms with Crippen molar-refractivity contribution in [1.82, 2.24) is 0 Å². The van der Waals surface area contributed by atoms with Gasteiger partial charge in [0.25, 0.3) is 0 Å². The Morgan fingerprint density at radius 3 is 2.41 bits per heavy atom. The Kier molecular flexibility index (Phi) is 4.76. The molecule has 0 saturated heterocycles. The molecule has 7 heteroatoms. The van der Waals surface area contributed by atoms with E-state index in [4.69, 9.17) is 21.1 Å². The highest BCUT2D eigenvalue weighted by Crippen LogP contribution is 2.47. The van der Waals surface area contributed by atoms with Crippen molar-refractivity contribution in [2.45, 2.75) is 25.0 Å². The molecule has 0 bridgehead atoms. The second-order valence-electron chi connectivity index (χ2n) is 6.83. The van der Waals surface area contributed by atoms with E-state index in [1.165, 1.54) is 6.07 Å². The molecule has 0 saturated carbocycles. The lowest BCUT2D eigenvalue weighted by Crippen LogP contribution is -2.49. The van der Waals surface area contributed by atoms with E-state index in [1.54, 1.807) is 49.4 Å². The van der Waals surface area contributed by atoms with Crippen molar-refractivity contribution in [3.63, 3.8) is 0 Å². The van der Waals surface area contributed by atoms with Crippen LogP contribution >= 0.6 is 11.6 Å². The van der Waals surface area contributed by atoms with Gasteiger partial charge >= 0.3 is 11.8 Å². The van der Waals surface area contributed by atoms with Gasteiger partial charge in [-0.1, -0.05) is 54.1 Å². The third-order valence-electron chi connectivity index (χ3n) is 5.09.